The third-order valence-electron chi connectivity index (χ3n) is 2.93. The zero-order valence-electron chi connectivity index (χ0n) is 9.48. The highest BCUT2D eigenvalue weighted by molar-refractivity contribution is 9.15. The molecule has 0 unspecified atom stereocenters. The average Bonchev–Trinajstić information content (AvgIpc) is 2.77. The number of rotatable bonds is 1. The number of hydrogen-bond acceptors (Lipinski definition) is 1. The largest absolute Gasteiger partial charge is 0.320 e. The molecule has 1 N–H and O–H groups in total. The van der Waals surface area contributed by atoms with Gasteiger partial charge in [0, 0.05) is 15.6 Å². The number of benzene rings is 2. The summed E-state index contributed by atoms with van der Waals surface area (Å²) in [6.45, 7) is 0. The lowest BCUT2D eigenvalue weighted by atomic mass is 10.1. The predicted octanol–water partition coefficient (Wildman–Crippen LogP) is 3.65. The second kappa shape index (κ2) is 4.42. The first kappa shape index (κ1) is 11.2. The molecule has 0 spiro atoms. The van der Waals surface area contributed by atoms with E-state index in [2.05, 4.69) is 21.2 Å². The minimum Gasteiger partial charge on any atom is -0.320 e. The van der Waals surface area contributed by atoms with E-state index in [9.17, 15) is 4.79 Å². The van der Waals surface area contributed by atoms with Crippen LogP contribution in [-0.2, 0) is 0 Å². The third-order valence-corrected chi connectivity index (χ3v) is 3.78. The smallest absolute Gasteiger partial charge is 0.256 e. The molecule has 88 valence electrons. The molecule has 1 aliphatic heterocycles. The van der Waals surface area contributed by atoms with Crippen molar-refractivity contribution >= 4 is 32.0 Å². The van der Waals surface area contributed by atoms with E-state index in [0.29, 0.717) is 0 Å². The van der Waals surface area contributed by atoms with Crippen molar-refractivity contribution in [3.63, 3.8) is 0 Å². The Morgan fingerprint density at radius 2 is 1.50 bits per heavy atom. The Morgan fingerprint density at radius 1 is 0.889 bits per heavy atom. The molecule has 0 atom stereocenters. The fourth-order valence-electron chi connectivity index (χ4n) is 2.05. The van der Waals surface area contributed by atoms with E-state index in [1.54, 1.807) is 0 Å². The fraction of sp³-hybridized carbons (Fsp3) is 0. The second-order valence-corrected chi connectivity index (χ2v) is 4.85. The van der Waals surface area contributed by atoms with Crippen LogP contribution in [-0.4, -0.2) is 5.91 Å². The van der Waals surface area contributed by atoms with Gasteiger partial charge in [0.25, 0.3) is 5.91 Å². The summed E-state index contributed by atoms with van der Waals surface area (Å²) >= 11 is 3.58. The van der Waals surface area contributed by atoms with E-state index in [1.165, 1.54) is 0 Å². The molecule has 0 saturated heterocycles. The van der Waals surface area contributed by atoms with Crippen molar-refractivity contribution in [3.05, 3.63) is 71.3 Å². The highest BCUT2D eigenvalue weighted by atomic mass is 79.9. The van der Waals surface area contributed by atoms with Gasteiger partial charge in [0.05, 0.1) is 5.70 Å². The summed E-state index contributed by atoms with van der Waals surface area (Å²) in [7, 11) is 0. The van der Waals surface area contributed by atoms with Crippen molar-refractivity contribution in [1.29, 1.82) is 0 Å². The van der Waals surface area contributed by atoms with Crippen LogP contribution >= 0.6 is 15.9 Å². The Morgan fingerprint density at radius 3 is 2.22 bits per heavy atom. The average molecular weight is 300 g/mol. The van der Waals surface area contributed by atoms with Crippen LogP contribution in [0.15, 0.2) is 54.6 Å². The molecular weight excluding hydrogens is 290 g/mol. The minimum atomic E-state index is -0.0477. The van der Waals surface area contributed by atoms with Crippen LogP contribution in [0.2, 0.25) is 0 Å². The first-order chi connectivity index (χ1) is 8.77. The predicted molar refractivity (Wildman–Crippen MR) is 76.1 cm³/mol. The highest BCUT2D eigenvalue weighted by Crippen LogP contribution is 2.34. The number of carbonyl (C=O) groups is 1. The summed E-state index contributed by atoms with van der Waals surface area (Å²) in [5, 5.41) is 2.91. The van der Waals surface area contributed by atoms with Gasteiger partial charge in [-0.15, -0.1) is 0 Å². The number of fused-ring (bicyclic) bond motifs is 1. The van der Waals surface area contributed by atoms with Gasteiger partial charge in [0.1, 0.15) is 0 Å². The molecule has 3 heteroatoms. The monoisotopic (exact) mass is 299 g/mol. The number of hydrogen-bond donors (Lipinski definition) is 1. The van der Waals surface area contributed by atoms with Crippen molar-refractivity contribution in [2.75, 3.05) is 0 Å². The van der Waals surface area contributed by atoms with Crippen molar-refractivity contribution in [1.82, 2.24) is 5.32 Å². The lowest BCUT2D eigenvalue weighted by molar-refractivity contribution is 0.0981. The van der Waals surface area contributed by atoms with Gasteiger partial charge in [0.2, 0.25) is 0 Å². The Labute approximate surface area is 113 Å². The SMILES string of the molecule is O=C1N/C(=C(\Br)c2ccccc2)c2ccccc21. The second-order valence-electron chi connectivity index (χ2n) is 4.05. The Bertz CT molecular complexity index is 647. The van der Waals surface area contributed by atoms with Crippen molar-refractivity contribution in [2.24, 2.45) is 0 Å². The summed E-state index contributed by atoms with van der Waals surface area (Å²) in [5.74, 6) is -0.0477. The normalized spacial score (nSPS) is 16.2. The maximum Gasteiger partial charge on any atom is 0.256 e. The molecular formula is C15H10BrNO. The van der Waals surface area contributed by atoms with Gasteiger partial charge in [0.15, 0.2) is 0 Å². The van der Waals surface area contributed by atoms with Gasteiger partial charge in [-0.3, -0.25) is 4.79 Å². The zero-order valence-corrected chi connectivity index (χ0v) is 11.1. The van der Waals surface area contributed by atoms with Crippen molar-refractivity contribution < 1.29 is 4.79 Å². The van der Waals surface area contributed by atoms with Crippen LogP contribution < -0.4 is 5.32 Å². The molecule has 1 amide bonds. The summed E-state index contributed by atoms with van der Waals surface area (Å²) in [4.78, 5) is 11.8. The molecule has 2 aromatic rings. The minimum absolute atomic E-state index is 0.0477. The molecule has 0 aromatic heterocycles. The molecule has 3 rings (SSSR count). The van der Waals surface area contributed by atoms with E-state index in [4.69, 9.17) is 0 Å². The molecule has 18 heavy (non-hydrogen) atoms. The molecule has 1 heterocycles. The van der Waals surface area contributed by atoms with E-state index in [-0.39, 0.29) is 5.91 Å². The topological polar surface area (TPSA) is 29.1 Å². The quantitative estimate of drug-likeness (QED) is 0.855. The maximum absolute atomic E-state index is 11.8. The first-order valence-corrected chi connectivity index (χ1v) is 6.42. The Balaban J connectivity index is 2.17. The first-order valence-electron chi connectivity index (χ1n) is 5.63. The van der Waals surface area contributed by atoms with Crippen LogP contribution in [0.5, 0.6) is 0 Å². The van der Waals surface area contributed by atoms with Crippen LogP contribution in [0.4, 0.5) is 0 Å². The molecule has 0 fully saturated rings. The molecule has 0 aliphatic carbocycles. The van der Waals surface area contributed by atoms with Gasteiger partial charge in [-0.25, -0.2) is 0 Å². The van der Waals surface area contributed by atoms with Crippen LogP contribution in [0.3, 0.4) is 0 Å². The molecule has 2 nitrogen and oxygen atoms in total. The van der Waals surface area contributed by atoms with Crippen LogP contribution in [0.1, 0.15) is 21.5 Å². The highest BCUT2D eigenvalue weighted by Gasteiger charge is 2.25. The van der Waals surface area contributed by atoms with Gasteiger partial charge >= 0.3 is 0 Å². The fourth-order valence-corrected chi connectivity index (χ4v) is 2.63. The van der Waals surface area contributed by atoms with Gasteiger partial charge in [-0.05, 0) is 27.6 Å². The Hall–Kier alpha value is -1.87. The van der Waals surface area contributed by atoms with Crippen molar-refractivity contribution in [3.8, 4) is 0 Å². The third kappa shape index (κ3) is 1.77. The molecule has 0 saturated carbocycles. The standard InChI is InChI=1S/C15H10BrNO/c16-13(10-6-2-1-3-7-10)14-11-8-4-5-9-12(11)15(18)17-14/h1-9H,(H,17,18)/b14-13-. The molecule has 2 aromatic carbocycles. The maximum atomic E-state index is 11.8. The van der Waals surface area contributed by atoms with Crippen LogP contribution in [0, 0.1) is 0 Å². The van der Waals surface area contributed by atoms with Crippen molar-refractivity contribution in [2.45, 2.75) is 0 Å². The molecule has 0 bridgehead atoms. The van der Waals surface area contributed by atoms with Crippen LogP contribution in [0.25, 0.3) is 10.2 Å². The molecule has 1 aliphatic rings. The van der Waals surface area contributed by atoms with Gasteiger partial charge < -0.3 is 5.32 Å². The van der Waals surface area contributed by atoms with E-state index >= 15 is 0 Å². The Kier molecular flexibility index (Phi) is 2.76. The van der Waals surface area contributed by atoms with Gasteiger partial charge in [-0.2, -0.15) is 0 Å². The number of nitrogens with one attached hydrogen (secondary N) is 1. The number of carbonyl (C=O) groups excluding carboxylic acids is 1. The lowest BCUT2D eigenvalue weighted by Gasteiger charge is -2.05. The molecule has 0 radical (unpaired) electrons. The number of amides is 1. The summed E-state index contributed by atoms with van der Waals surface area (Å²) in [6, 6.07) is 17.5. The number of halogens is 1. The lowest BCUT2D eigenvalue weighted by Crippen LogP contribution is -2.12. The summed E-state index contributed by atoms with van der Waals surface area (Å²) in [6.07, 6.45) is 0. The van der Waals surface area contributed by atoms with E-state index in [1.807, 2.05) is 54.6 Å². The summed E-state index contributed by atoms with van der Waals surface area (Å²) < 4.78 is 0.904. The van der Waals surface area contributed by atoms with E-state index in [0.717, 1.165) is 26.9 Å². The zero-order chi connectivity index (χ0) is 12.5. The van der Waals surface area contributed by atoms with E-state index < -0.39 is 0 Å². The van der Waals surface area contributed by atoms with Gasteiger partial charge in [-0.1, -0.05) is 48.5 Å². The summed E-state index contributed by atoms with van der Waals surface area (Å²) in [5.41, 5.74) is 3.55.